The summed E-state index contributed by atoms with van der Waals surface area (Å²) in [7, 11) is 0. The number of hydrogen-bond acceptors (Lipinski definition) is 5. The molecule has 4 aliphatic rings. The largest absolute Gasteiger partial charge is 0.378 e. The molecule has 0 amide bonds. The Bertz CT molecular complexity index is 665. The van der Waals surface area contributed by atoms with Crippen LogP contribution in [0.1, 0.15) is 37.8 Å². The highest BCUT2D eigenvalue weighted by Gasteiger charge is 2.48. The Morgan fingerprint density at radius 1 is 1.26 bits per heavy atom. The summed E-state index contributed by atoms with van der Waals surface area (Å²) in [4.78, 5) is 1.14. The summed E-state index contributed by atoms with van der Waals surface area (Å²) in [6, 6.07) is 6.19. The summed E-state index contributed by atoms with van der Waals surface area (Å²) in [5.41, 5.74) is 1.26. The van der Waals surface area contributed by atoms with Gasteiger partial charge in [0.25, 0.3) is 0 Å². The van der Waals surface area contributed by atoms with E-state index in [1.54, 1.807) is 11.3 Å². The van der Waals surface area contributed by atoms with E-state index < -0.39 is 0 Å². The Balaban J connectivity index is 1.31. The average molecular weight is 330 g/mol. The summed E-state index contributed by atoms with van der Waals surface area (Å²) in [6.07, 6.45) is 6.83. The lowest BCUT2D eigenvalue weighted by Gasteiger charge is -2.48. The molecular formula is C18H22N2O2S. The normalized spacial score (nSPS) is 35.6. The van der Waals surface area contributed by atoms with Crippen molar-refractivity contribution in [3.05, 3.63) is 29.3 Å². The first-order valence-electron chi connectivity index (χ1n) is 8.64. The number of aromatic nitrogens is 1. The van der Waals surface area contributed by atoms with Gasteiger partial charge in [-0.2, -0.15) is 0 Å². The Labute approximate surface area is 140 Å². The number of nitrogens with zero attached hydrogens (tertiary/aromatic N) is 1. The van der Waals surface area contributed by atoms with Gasteiger partial charge in [0, 0.05) is 24.8 Å². The molecule has 4 fully saturated rings. The number of rotatable bonds is 4. The number of thiophene rings is 1. The first kappa shape index (κ1) is 14.2. The maximum absolute atomic E-state index is 6.09. The molecule has 0 aromatic carbocycles. The van der Waals surface area contributed by atoms with E-state index in [1.807, 2.05) is 6.07 Å². The molecule has 4 bridgehead atoms. The van der Waals surface area contributed by atoms with Gasteiger partial charge in [0.2, 0.25) is 0 Å². The molecule has 2 saturated heterocycles. The number of ether oxygens (including phenoxy) is 1. The van der Waals surface area contributed by atoms with Crippen molar-refractivity contribution in [3.63, 3.8) is 0 Å². The topological polar surface area (TPSA) is 47.3 Å². The minimum absolute atomic E-state index is 0.259. The van der Waals surface area contributed by atoms with Crippen LogP contribution < -0.4 is 5.32 Å². The van der Waals surface area contributed by atoms with Crippen LogP contribution in [-0.4, -0.2) is 23.4 Å². The fourth-order valence-electron chi connectivity index (χ4n) is 5.01. The van der Waals surface area contributed by atoms with Crippen LogP contribution >= 0.6 is 11.3 Å². The van der Waals surface area contributed by atoms with Gasteiger partial charge in [-0.05, 0) is 55.4 Å². The molecule has 4 unspecified atom stereocenters. The van der Waals surface area contributed by atoms with E-state index in [4.69, 9.17) is 9.26 Å². The minimum atomic E-state index is 0.259. The van der Waals surface area contributed by atoms with Crippen LogP contribution in [0, 0.1) is 11.8 Å². The third-order valence-corrected chi connectivity index (χ3v) is 6.66. The fraction of sp³-hybridized carbons (Fsp3) is 0.611. The van der Waals surface area contributed by atoms with Gasteiger partial charge in [-0.3, -0.25) is 0 Å². The van der Waals surface area contributed by atoms with Gasteiger partial charge in [0.15, 0.2) is 5.76 Å². The van der Waals surface area contributed by atoms with E-state index in [1.165, 1.54) is 25.7 Å². The third kappa shape index (κ3) is 2.65. The van der Waals surface area contributed by atoms with E-state index >= 15 is 0 Å². The molecule has 4 heterocycles. The number of nitrogens with one attached hydrogen (secondary N) is 1. The van der Waals surface area contributed by atoms with E-state index in [0.29, 0.717) is 6.10 Å². The highest BCUT2D eigenvalue weighted by Crippen LogP contribution is 2.49. The van der Waals surface area contributed by atoms with Gasteiger partial charge in [0.1, 0.15) is 0 Å². The van der Waals surface area contributed by atoms with Gasteiger partial charge >= 0.3 is 0 Å². The second kappa shape index (κ2) is 5.43. The maximum Gasteiger partial charge on any atom is 0.177 e. The Kier molecular flexibility index (Phi) is 3.35. The van der Waals surface area contributed by atoms with Crippen molar-refractivity contribution < 1.29 is 9.26 Å². The van der Waals surface area contributed by atoms with Crippen LogP contribution in [0.4, 0.5) is 0 Å². The zero-order valence-corrected chi connectivity index (χ0v) is 14.0. The van der Waals surface area contributed by atoms with Crippen LogP contribution in [0.15, 0.2) is 28.1 Å². The minimum Gasteiger partial charge on any atom is -0.378 e. The molecule has 2 aromatic heterocycles. The number of hydrogen-bond donors (Lipinski definition) is 1. The van der Waals surface area contributed by atoms with Crippen molar-refractivity contribution in [1.29, 1.82) is 0 Å². The Morgan fingerprint density at radius 3 is 3.13 bits per heavy atom. The molecule has 0 spiro atoms. The molecule has 1 N–H and O–H groups in total. The average Bonchev–Trinajstić information content (AvgIpc) is 3.17. The fourth-order valence-corrected chi connectivity index (χ4v) is 5.69. The predicted molar refractivity (Wildman–Crippen MR) is 89.2 cm³/mol. The van der Waals surface area contributed by atoms with Crippen molar-refractivity contribution in [2.24, 2.45) is 11.8 Å². The monoisotopic (exact) mass is 330 g/mol. The van der Waals surface area contributed by atoms with Gasteiger partial charge in [-0.25, -0.2) is 0 Å². The van der Waals surface area contributed by atoms with E-state index in [-0.39, 0.29) is 5.54 Å². The van der Waals surface area contributed by atoms with Gasteiger partial charge in [0.05, 0.1) is 16.7 Å². The molecule has 4 nitrogen and oxygen atoms in total. The quantitative estimate of drug-likeness (QED) is 0.925. The van der Waals surface area contributed by atoms with Crippen LogP contribution in [0.5, 0.6) is 0 Å². The molecule has 2 aliphatic carbocycles. The Morgan fingerprint density at radius 2 is 2.22 bits per heavy atom. The van der Waals surface area contributed by atoms with Crippen molar-refractivity contribution >= 4 is 11.3 Å². The van der Waals surface area contributed by atoms with Crippen LogP contribution in [0.25, 0.3) is 10.6 Å². The maximum atomic E-state index is 6.09. The second-order valence-corrected chi connectivity index (χ2v) is 8.51. The molecule has 5 heteroatoms. The molecule has 23 heavy (non-hydrogen) atoms. The first-order valence-corrected chi connectivity index (χ1v) is 9.52. The van der Waals surface area contributed by atoms with Crippen molar-refractivity contribution in [2.75, 3.05) is 6.61 Å². The molecule has 2 saturated carbocycles. The third-order valence-electron chi connectivity index (χ3n) is 5.78. The van der Waals surface area contributed by atoms with E-state index in [2.05, 4.69) is 28.0 Å². The molecule has 4 atom stereocenters. The predicted octanol–water partition coefficient (Wildman–Crippen LogP) is 3.84. The van der Waals surface area contributed by atoms with Crippen molar-refractivity contribution in [1.82, 2.24) is 10.5 Å². The van der Waals surface area contributed by atoms with Crippen LogP contribution in [0.3, 0.4) is 0 Å². The van der Waals surface area contributed by atoms with E-state index in [9.17, 15) is 0 Å². The summed E-state index contributed by atoms with van der Waals surface area (Å²) < 4.78 is 11.6. The summed E-state index contributed by atoms with van der Waals surface area (Å²) >= 11 is 1.69. The lowest BCUT2D eigenvalue weighted by Crippen LogP contribution is -2.54. The summed E-state index contributed by atoms with van der Waals surface area (Å²) in [5.74, 6) is 2.47. The zero-order chi connectivity index (χ0) is 15.3. The summed E-state index contributed by atoms with van der Waals surface area (Å²) in [5, 5.41) is 10.2. The molecule has 0 radical (unpaired) electrons. The highest BCUT2D eigenvalue weighted by atomic mass is 32.1. The van der Waals surface area contributed by atoms with Crippen LogP contribution in [0.2, 0.25) is 0 Å². The molecule has 2 aromatic rings. The highest BCUT2D eigenvalue weighted by molar-refractivity contribution is 7.13. The smallest absolute Gasteiger partial charge is 0.177 e. The second-order valence-electron chi connectivity index (χ2n) is 7.56. The number of fused-ring (bicyclic) bond motifs is 1. The SMILES string of the molecule is c1csc(-c2cc(CNC34CC5COC(CC(C5)C3)C4)no2)c1. The first-order chi connectivity index (χ1) is 11.3. The zero-order valence-electron chi connectivity index (χ0n) is 13.2. The molecule has 6 rings (SSSR count). The van der Waals surface area contributed by atoms with E-state index in [0.717, 1.165) is 47.7 Å². The van der Waals surface area contributed by atoms with Crippen molar-refractivity contribution in [3.8, 4) is 10.6 Å². The van der Waals surface area contributed by atoms with Gasteiger partial charge in [-0.15, -0.1) is 11.3 Å². The van der Waals surface area contributed by atoms with Gasteiger partial charge in [-0.1, -0.05) is 11.2 Å². The molecular weight excluding hydrogens is 308 g/mol. The van der Waals surface area contributed by atoms with Crippen LogP contribution in [-0.2, 0) is 11.3 Å². The lowest BCUT2D eigenvalue weighted by molar-refractivity contribution is 0.0152. The standard InChI is InChI=1S/C18H22N2O2S/c1-2-17(23-3-1)16-6-14(20-22-16)10-19-18-7-12-4-13(8-18)11-21-15(5-12)9-18/h1-3,6,12-13,15,19H,4-5,7-11H2. The van der Waals surface area contributed by atoms with Gasteiger partial charge < -0.3 is 14.6 Å². The lowest BCUT2D eigenvalue weighted by atomic mass is 9.63. The Hall–Kier alpha value is -1.17. The molecule has 122 valence electrons. The molecule has 2 aliphatic heterocycles. The summed E-state index contributed by atoms with van der Waals surface area (Å²) in [6.45, 7) is 1.76. The van der Waals surface area contributed by atoms with Crippen molar-refractivity contribution in [2.45, 2.75) is 50.3 Å².